The summed E-state index contributed by atoms with van der Waals surface area (Å²) in [6, 6.07) is 4.76. The summed E-state index contributed by atoms with van der Waals surface area (Å²) in [6.07, 6.45) is 3.25. The van der Waals surface area contributed by atoms with Crippen molar-refractivity contribution in [3.63, 3.8) is 0 Å². The highest BCUT2D eigenvalue weighted by Crippen LogP contribution is 2.42. The largest absolute Gasteiger partial charge is 0.338 e. The molecule has 0 N–H and O–H groups in total. The molecule has 0 saturated heterocycles. The van der Waals surface area contributed by atoms with E-state index < -0.39 is 0 Å². The van der Waals surface area contributed by atoms with Crippen LogP contribution in [0.1, 0.15) is 53.5 Å². The lowest BCUT2D eigenvalue weighted by atomic mass is 10.3. The van der Waals surface area contributed by atoms with Crippen LogP contribution in [0.2, 0.25) is 0 Å². The number of aryl methyl sites for hydroxylation is 1. The van der Waals surface area contributed by atoms with Gasteiger partial charge in [0.25, 0.3) is 0 Å². The molecule has 3 heterocycles. The number of hydrogen-bond donors (Lipinski definition) is 0. The maximum Gasteiger partial charge on any atom is 0.239 e. The minimum atomic E-state index is 0.0625. The van der Waals surface area contributed by atoms with Gasteiger partial charge in [-0.1, -0.05) is 23.0 Å². The van der Waals surface area contributed by atoms with E-state index >= 15 is 0 Å². The number of thiophene rings is 1. The zero-order valence-electron chi connectivity index (χ0n) is 13.0. The Morgan fingerprint density at radius 3 is 2.96 bits per heavy atom. The molecule has 23 heavy (non-hydrogen) atoms. The molecule has 1 aliphatic carbocycles. The van der Waals surface area contributed by atoms with Gasteiger partial charge in [-0.15, -0.1) is 21.5 Å². The topological polar surface area (TPSA) is 69.6 Å². The summed E-state index contributed by atoms with van der Waals surface area (Å²) < 4.78 is 7.56. The Morgan fingerprint density at radius 2 is 2.30 bits per heavy atom. The third kappa shape index (κ3) is 3.18. The summed E-state index contributed by atoms with van der Waals surface area (Å²) in [6.45, 7) is 3.89. The van der Waals surface area contributed by atoms with E-state index in [1.165, 1.54) is 17.7 Å². The van der Waals surface area contributed by atoms with Crippen molar-refractivity contribution in [2.75, 3.05) is 0 Å². The van der Waals surface area contributed by atoms with Gasteiger partial charge < -0.3 is 9.09 Å². The van der Waals surface area contributed by atoms with Crippen LogP contribution in [0.5, 0.6) is 0 Å². The second kappa shape index (κ2) is 6.09. The molecule has 8 heteroatoms. The first-order chi connectivity index (χ1) is 11.2. The Hall–Kier alpha value is -1.67. The van der Waals surface area contributed by atoms with Crippen molar-refractivity contribution >= 4 is 23.1 Å². The molecule has 0 spiro atoms. The molecule has 3 aromatic heterocycles. The molecule has 0 bridgehead atoms. The van der Waals surface area contributed by atoms with E-state index in [2.05, 4.69) is 49.3 Å². The minimum Gasteiger partial charge on any atom is -0.338 e. The molecule has 0 aromatic carbocycles. The van der Waals surface area contributed by atoms with Gasteiger partial charge in [0.1, 0.15) is 5.82 Å². The maximum absolute atomic E-state index is 5.27. The summed E-state index contributed by atoms with van der Waals surface area (Å²) >= 11 is 3.40. The van der Waals surface area contributed by atoms with E-state index in [9.17, 15) is 0 Å². The fourth-order valence-electron chi connectivity index (χ4n) is 2.46. The molecule has 3 aromatic rings. The number of thioether (sulfide) groups is 1. The highest BCUT2D eigenvalue weighted by Gasteiger charge is 2.31. The van der Waals surface area contributed by atoms with Crippen LogP contribution in [-0.2, 0) is 6.42 Å². The third-order valence-corrected chi connectivity index (χ3v) is 5.65. The van der Waals surface area contributed by atoms with Crippen molar-refractivity contribution in [3.05, 3.63) is 39.9 Å². The van der Waals surface area contributed by atoms with E-state index in [-0.39, 0.29) is 5.25 Å². The first-order valence-electron chi connectivity index (χ1n) is 7.63. The van der Waals surface area contributed by atoms with Gasteiger partial charge in [-0.25, -0.2) is 0 Å². The number of hydrogen-bond acceptors (Lipinski definition) is 7. The molecular weight excluding hydrogens is 330 g/mol. The van der Waals surface area contributed by atoms with E-state index in [0.29, 0.717) is 17.8 Å². The molecule has 4 rings (SSSR count). The lowest BCUT2D eigenvalue weighted by molar-refractivity contribution is 0.376. The zero-order valence-corrected chi connectivity index (χ0v) is 14.6. The van der Waals surface area contributed by atoms with Crippen LogP contribution >= 0.6 is 23.1 Å². The average Bonchev–Trinajstić information content (AvgIpc) is 2.93. The molecule has 1 atom stereocenters. The standard InChI is InChI=1S/C15H17N5OS2/c1-9(14-16-10(2)19-21-14)23-15-18-17-13(20(15)11-5-6-11)8-12-4-3-7-22-12/h3-4,7,9,11H,5-6,8H2,1-2H3. The van der Waals surface area contributed by atoms with Gasteiger partial charge in [0.2, 0.25) is 5.89 Å². The maximum atomic E-state index is 5.27. The van der Waals surface area contributed by atoms with Crippen molar-refractivity contribution in [2.45, 2.75) is 49.6 Å². The van der Waals surface area contributed by atoms with Gasteiger partial charge in [-0.3, -0.25) is 0 Å². The zero-order chi connectivity index (χ0) is 15.8. The first kappa shape index (κ1) is 14.9. The molecule has 0 amide bonds. The summed E-state index contributed by atoms with van der Waals surface area (Å²) in [4.78, 5) is 5.63. The summed E-state index contributed by atoms with van der Waals surface area (Å²) in [5.74, 6) is 2.35. The molecular formula is C15H17N5OS2. The first-order valence-corrected chi connectivity index (χ1v) is 9.39. The highest BCUT2D eigenvalue weighted by molar-refractivity contribution is 7.99. The fourth-order valence-corrected chi connectivity index (χ4v) is 4.13. The van der Waals surface area contributed by atoms with E-state index in [1.54, 1.807) is 23.1 Å². The smallest absolute Gasteiger partial charge is 0.239 e. The predicted molar refractivity (Wildman–Crippen MR) is 88.7 cm³/mol. The monoisotopic (exact) mass is 347 g/mol. The van der Waals surface area contributed by atoms with E-state index in [4.69, 9.17) is 4.52 Å². The quantitative estimate of drug-likeness (QED) is 0.632. The molecule has 0 aliphatic heterocycles. The lowest BCUT2D eigenvalue weighted by Crippen LogP contribution is -2.04. The highest BCUT2D eigenvalue weighted by atomic mass is 32.2. The van der Waals surface area contributed by atoms with Gasteiger partial charge >= 0.3 is 0 Å². The minimum absolute atomic E-state index is 0.0625. The Bertz CT molecular complexity index is 791. The van der Waals surface area contributed by atoms with Crippen molar-refractivity contribution in [1.29, 1.82) is 0 Å². The fraction of sp³-hybridized carbons (Fsp3) is 0.467. The van der Waals surface area contributed by atoms with Crippen LogP contribution in [0.3, 0.4) is 0 Å². The Kier molecular flexibility index (Phi) is 3.94. The SMILES string of the molecule is Cc1noc(C(C)Sc2nnc(Cc3cccs3)n2C2CC2)n1. The molecule has 1 unspecified atom stereocenters. The predicted octanol–water partition coefficient (Wildman–Crippen LogP) is 3.81. The van der Waals surface area contributed by atoms with Crippen LogP contribution < -0.4 is 0 Å². The summed E-state index contributed by atoms with van der Waals surface area (Å²) in [5, 5.41) is 15.8. The number of aromatic nitrogens is 5. The van der Waals surface area contributed by atoms with Crippen LogP contribution in [0.15, 0.2) is 27.2 Å². The van der Waals surface area contributed by atoms with Gasteiger partial charge in [-0.05, 0) is 38.1 Å². The summed E-state index contributed by atoms with van der Waals surface area (Å²) in [7, 11) is 0. The third-order valence-electron chi connectivity index (χ3n) is 3.73. The van der Waals surface area contributed by atoms with Gasteiger partial charge in [-0.2, -0.15) is 4.98 Å². The van der Waals surface area contributed by atoms with Crippen LogP contribution in [0.25, 0.3) is 0 Å². The summed E-state index contributed by atoms with van der Waals surface area (Å²) in [5.41, 5.74) is 0. The van der Waals surface area contributed by atoms with Crippen molar-refractivity contribution in [2.24, 2.45) is 0 Å². The Labute approximate surface area is 142 Å². The molecule has 1 aliphatic rings. The van der Waals surface area contributed by atoms with Crippen LogP contribution in [0.4, 0.5) is 0 Å². The molecule has 6 nitrogen and oxygen atoms in total. The lowest BCUT2D eigenvalue weighted by Gasteiger charge is -2.10. The molecule has 120 valence electrons. The van der Waals surface area contributed by atoms with Gasteiger partial charge in [0.05, 0.1) is 5.25 Å². The van der Waals surface area contributed by atoms with Crippen molar-refractivity contribution in [3.8, 4) is 0 Å². The average molecular weight is 347 g/mol. The van der Waals surface area contributed by atoms with Crippen LogP contribution in [-0.4, -0.2) is 24.9 Å². The Balaban J connectivity index is 1.57. The normalized spacial score (nSPS) is 15.9. The Morgan fingerprint density at radius 1 is 1.43 bits per heavy atom. The van der Waals surface area contributed by atoms with E-state index in [1.807, 2.05) is 6.92 Å². The number of rotatable bonds is 6. The second-order valence-electron chi connectivity index (χ2n) is 5.70. The number of nitrogens with zero attached hydrogens (tertiary/aromatic N) is 5. The van der Waals surface area contributed by atoms with Crippen LogP contribution in [0, 0.1) is 6.92 Å². The molecule has 1 saturated carbocycles. The molecule has 1 fully saturated rings. The van der Waals surface area contributed by atoms with Gasteiger partial charge in [0, 0.05) is 17.3 Å². The molecule has 0 radical (unpaired) electrons. The van der Waals surface area contributed by atoms with Gasteiger partial charge in [0.15, 0.2) is 11.0 Å². The second-order valence-corrected chi connectivity index (χ2v) is 8.04. The van der Waals surface area contributed by atoms with Crippen molar-refractivity contribution < 1.29 is 4.52 Å². The van der Waals surface area contributed by atoms with Crippen molar-refractivity contribution in [1.82, 2.24) is 24.9 Å². The van der Waals surface area contributed by atoms with E-state index in [0.717, 1.165) is 17.4 Å².